The highest BCUT2D eigenvalue weighted by molar-refractivity contribution is 5.86. The van der Waals surface area contributed by atoms with Crippen molar-refractivity contribution in [2.24, 2.45) is 0 Å². The van der Waals surface area contributed by atoms with Gasteiger partial charge in [-0.05, 0) is 19.1 Å². The van der Waals surface area contributed by atoms with Crippen LogP contribution in [-0.2, 0) is 4.74 Å². The van der Waals surface area contributed by atoms with Gasteiger partial charge in [0.1, 0.15) is 41.9 Å². The summed E-state index contributed by atoms with van der Waals surface area (Å²) in [6, 6.07) is 9.24. The maximum atomic E-state index is 12.8. The second-order valence-electron chi connectivity index (χ2n) is 7.60. The van der Waals surface area contributed by atoms with Crippen LogP contribution in [0.5, 0.6) is 11.5 Å². The Labute approximate surface area is 176 Å². The number of aliphatic hydroxyl groups excluding tert-OH is 4. The average molecular weight is 430 g/mol. The van der Waals surface area contributed by atoms with E-state index in [4.69, 9.17) is 9.15 Å². The maximum Gasteiger partial charge on any atom is 0.235 e. The second-order valence-corrected chi connectivity index (χ2v) is 7.60. The Balaban J connectivity index is 1.96. The van der Waals surface area contributed by atoms with Crippen molar-refractivity contribution in [2.45, 2.75) is 37.4 Å². The van der Waals surface area contributed by atoms with E-state index in [0.717, 1.165) is 5.56 Å². The summed E-state index contributed by atoms with van der Waals surface area (Å²) in [5, 5.41) is 61.0. The van der Waals surface area contributed by atoms with Crippen LogP contribution in [0.2, 0.25) is 0 Å². The molecule has 164 valence electrons. The number of phenolic OH excluding ortho intramolecular Hbond substituents is 1. The molecule has 0 amide bonds. The molecule has 4 rings (SSSR count). The first-order valence-electron chi connectivity index (χ1n) is 9.63. The van der Waals surface area contributed by atoms with Crippen LogP contribution in [0.3, 0.4) is 0 Å². The van der Waals surface area contributed by atoms with E-state index in [1.807, 2.05) is 6.92 Å². The number of aliphatic hydroxyl groups is 4. The molecule has 0 radical (unpaired) electrons. The number of aryl methyl sites for hydroxylation is 1. The molecule has 1 aromatic heterocycles. The summed E-state index contributed by atoms with van der Waals surface area (Å²) >= 11 is 0. The van der Waals surface area contributed by atoms with Crippen LogP contribution >= 0.6 is 0 Å². The molecule has 1 saturated heterocycles. The van der Waals surface area contributed by atoms with Gasteiger partial charge in [0.2, 0.25) is 11.2 Å². The number of hydrogen-bond acceptors (Lipinski definition) is 9. The van der Waals surface area contributed by atoms with Gasteiger partial charge in [-0.15, -0.1) is 0 Å². The summed E-state index contributed by atoms with van der Waals surface area (Å²) in [5.74, 6) is -1.17. The largest absolute Gasteiger partial charge is 0.507 e. The highest BCUT2D eigenvalue weighted by Gasteiger charge is 2.45. The lowest BCUT2D eigenvalue weighted by molar-refractivity contribution is -0.231. The zero-order valence-electron chi connectivity index (χ0n) is 16.5. The second kappa shape index (κ2) is 7.95. The first-order valence-corrected chi connectivity index (χ1v) is 9.63. The zero-order chi connectivity index (χ0) is 22.4. The number of fused-ring (bicyclic) bond motifs is 1. The summed E-state index contributed by atoms with van der Waals surface area (Å²) in [5.41, 5.74) is 0.279. The number of phenols is 1. The summed E-state index contributed by atoms with van der Waals surface area (Å²) in [6.45, 7) is 1.21. The minimum Gasteiger partial charge on any atom is -0.507 e. The molecule has 0 unspecified atom stereocenters. The lowest BCUT2D eigenvalue weighted by Gasteiger charge is -2.40. The fourth-order valence-electron chi connectivity index (χ4n) is 3.77. The van der Waals surface area contributed by atoms with Crippen LogP contribution in [0.4, 0.5) is 0 Å². The molecule has 9 nitrogen and oxygen atoms in total. The van der Waals surface area contributed by atoms with Crippen LogP contribution in [0.1, 0.15) is 17.2 Å². The molecule has 1 aliphatic rings. The molecule has 2 aromatic carbocycles. The predicted molar refractivity (Wildman–Crippen MR) is 109 cm³/mol. The van der Waals surface area contributed by atoms with Gasteiger partial charge in [0, 0.05) is 5.56 Å². The van der Waals surface area contributed by atoms with Gasteiger partial charge in [-0.1, -0.05) is 29.8 Å². The van der Waals surface area contributed by atoms with Gasteiger partial charge in [-0.3, -0.25) is 4.79 Å². The standard InChI is InChI=1S/C22H22O9/c1-9-2-4-10(5-3-9)20-18(28)15(25)11-6-7-12(24)14(21(11)31-20)22-19(29)17(27)16(26)13(8-23)30-22/h2-7,13,16-17,19,22-24,26-29H,8H2,1H3/t13-,16-,17+,19-,22+/m1/s1. The SMILES string of the molecule is Cc1ccc(-c2oc3c([C@@H]4O[C@H](CO)[C@@H](O)[C@H](O)[C@H]4O)c(O)ccc3c(=O)c2O)cc1. The molecule has 1 fully saturated rings. The average Bonchev–Trinajstić information content (AvgIpc) is 2.76. The van der Waals surface area contributed by atoms with E-state index < -0.39 is 54.1 Å². The van der Waals surface area contributed by atoms with E-state index in [1.54, 1.807) is 24.3 Å². The molecule has 31 heavy (non-hydrogen) atoms. The van der Waals surface area contributed by atoms with Crippen molar-refractivity contribution in [3.8, 4) is 22.8 Å². The van der Waals surface area contributed by atoms with Gasteiger partial charge in [0.25, 0.3) is 0 Å². The van der Waals surface area contributed by atoms with E-state index in [9.17, 15) is 35.4 Å². The first-order chi connectivity index (χ1) is 14.7. The molecule has 5 atom stereocenters. The lowest BCUT2D eigenvalue weighted by atomic mass is 9.90. The smallest absolute Gasteiger partial charge is 0.235 e. The van der Waals surface area contributed by atoms with Crippen molar-refractivity contribution in [3.05, 3.63) is 57.7 Å². The number of rotatable bonds is 3. The molecule has 2 heterocycles. The van der Waals surface area contributed by atoms with Gasteiger partial charge in [0.15, 0.2) is 5.76 Å². The van der Waals surface area contributed by atoms with E-state index in [1.165, 1.54) is 12.1 Å². The maximum absolute atomic E-state index is 12.8. The topological polar surface area (TPSA) is 161 Å². The van der Waals surface area contributed by atoms with E-state index in [-0.39, 0.29) is 22.3 Å². The summed E-state index contributed by atoms with van der Waals surface area (Å²) < 4.78 is 11.4. The Morgan fingerprint density at radius 2 is 1.61 bits per heavy atom. The van der Waals surface area contributed by atoms with Gasteiger partial charge in [-0.2, -0.15) is 0 Å². The Bertz CT molecular complexity index is 1170. The van der Waals surface area contributed by atoms with E-state index >= 15 is 0 Å². The third-order valence-electron chi connectivity index (χ3n) is 5.54. The fraction of sp³-hybridized carbons (Fsp3) is 0.318. The summed E-state index contributed by atoms with van der Waals surface area (Å²) in [7, 11) is 0. The first kappa shape index (κ1) is 21.3. The molecule has 0 spiro atoms. The molecule has 0 bridgehead atoms. The number of ether oxygens (including phenoxy) is 1. The minimum atomic E-state index is -1.70. The minimum absolute atomic E-state index is 0.0851. The van der Waals surface area contributed by atoms with Gasteiger partial charge in [-0.25, -0.2) is 0 Å². The molecule has 9 heteroatoms. The highest BCUT2D eigenvalue weighted by atomic mass is 16.5. The monoisotopic (exact) mass is 430 g/mol. The van der Waals surface area contributed by atoms with Crippen molar-refractivity contribution in [1.29, 1.82) is 0 Å². The Kier molecular flexibility index (Phi) is 5.46. The van der Waals surface area contributed by atoms with Crippen molar-refractivity contribution in [1.82, 2.24) is 0 Å². The predicted octanol–water partition coefficient (Wildman–Crippen LogP) is 0.695. The van der Waals surface area contributed by atoms with Crippen molar-refractivity contribution < 1.29 is 39.8 Å². The van der Waals surface area contributed by atoms with Crippen LogP contribution in [0, 0.1) is 6.92 Å². The van der Waals surface area contributed by atoms with Crippen LogP contribution in [0.15, 0.2) is 45.6 Å². The van der Waals surface area contributed by atoms with E-state index in [0.29, 0.717) is 5.56 Å². The molecule has 0 aliphatic carbocycles. The van der Waals surface area contributed by atoms with Crippen LogP contribution in [-0.4, -0.2) is 61.7 Å². The molecule has 3 aromatic rings. The van der Waals surface area contributed by atoms with Gasteiger partial charge in [0.05, 0.1) is 17.6 Å². The van der Waals surface area contributed by atoms with Gasteiger partial charge < -0.3 is 39.8 Å². The fourth-order valence-corrected chi connectivity index (χ4v) is 3.77. The van der Waals surface area contributed by atoms with Crippen LogP contribution in [0.25, 0.3) is 22.3 Å². The quantitative estimate of drug-likeness (QED) is 0.351. The molecular weight excluding hydrogens is 408 g/mol. The molecule has 1 aliphatic heterocycles. The number of hydrogen-bond donors (Lipinski definition) is 6. The Morgan fingerprint density at radius 1 is 0.935 bits per heavy atom. The van der Waals surface area contributed by atoms with Crippen LogP contribution < -0.4 is 5.43 Å². The normalized spacial score (nSPS) is 26.3. The van der Waals surface area contributed by atoms with E-state index in [2.05, 4.69) is 0 Å². The molecule has 0 saturated carbocycles. The Hall–Kier alpha value is -2.95. The van der Waals surface area contributed by atoms with Crippen molar-refractivity contribution in [3.63, 3.8) is 0 Å². The zero-order valence-corrected chi connectivity index (χ0v) is 16.5. The van der Waals surface area contributed by atoms with Crippen molar-refractivity contribution in [2.75, 3.05) is 6.61 Å². The van der Waals surface area contributed by atoms with Gasteiger partial charge >= 0.3 is 0 Å². The number of benzene rings is 2. The molecule has 6 N–H and O–H groups in total. The summed E-state index contributed by atoms with van der Waals surface area (Å²) in [4.78, 5) is 12.8. The third kappa shape index (κ3) is 3.46. The summed E-state index contributed by atoms with van der Waals surface area (Å²) in [6.07, 6.45) is -7.63. The highest BCUT2D eigenvalue weighted by Crippen LogP contribution is 2.42. The number of aromatic hydroxyl groups is 2. The lowest BCUT2D eigenvalue weighted by Crippen LogP contribution is -2.55. The molecular formula is C22H22O9. The third-order valence-corrected chi connectivity index (χ3v) is 5.54. The Morgan fingerprint density at radius 3 is 2.26 bits per heavy atom. The van der Waals surface area contributed by atoms with Crippen molar-refractivity contribution >= 4 is 11.0 Å².